The lowest BCUT2D eigenvalue weighted by Crippen LogP contribution is -2.31. The van der Waals surface area contributed by atoms with E-state index >= 15 is 0 Å². The highest BCUT2D eigenvalue weighted by atomic mass is 16.6. The molecule has 0 bridgehead atoms. The van der Waals surface area contributed by atoms with Gasteiger partial charge in [0.05, 0.1) is 25.5 Å². The monoisotopic (exact) mass is 427 g/mol. The average Bonchev–Trinajstić information content (AvgIpc) is 3.19. The van der Waals surface area contributed by atoms with Gasteiger partial charge in [0.2, 0.25) is 0 Å². The Morgan fingerprint density at radius 3 is 2.87 bits per heavy atom. The number of amides is 1. The molecule has 1 unspecified atom stereocenters. The summed E-state index contributed by atoms with van der Waals surface area (Å²) < 4.78 is 15.5. The number of anilines is 1. The zero-order valence-electron chi connectivity index (χ0n) is 17.4. The van der Waals surface area contributed by atoms with Gasteiger partial charge in [-0.05, 0) is 55.3 Å². The largest absolute Gasteiger partial charge is 0.504 e. The van der Waals surface area contributed by atoms with Crippen LogP contribution in [0.5, 0.6) is 11.5 Å². The summed E-state index contributed by atoms with van der Waals surface area (Å²) >= 11 is 0. The molecule has 31 heavy (non-hydrogen) atoms. The van der Waals surface area contributed by atoms with Crippen LogP contribution >= 0.6 is 0 Å². The molecule has 2 aromatic rings. The Hall–Kier alpha value is -3.75. The van der Waals surface area contributed by atoms with Gasteiger partial charge in [0.15, 0.2) is 17.7 Å². The number of rotatable bonds is 7. The van der Waals surface area contributed by atoms with Gasteiger partial charge in [-0.3, -0.25) is 10.3 Å². The SMILES string of the molecule is CCOC(=O)c1cccc(NC(=O)OC2CCCN2N=Cc2ccc(OC)c(O)c2)c1. The van der Waals surface area contributed by atoms with Crippen molar-refractivity contribution in [2.24, 2.45) is 5.10 Å². The molecule has 2 aromatic carbocycles. The quantitative estimate of drug-likeness (QED) is 0.513. The van der Waals surface area contributed by atoms with Crippen LogP contribution in [0.4, 0.5) is 10.5 Å². The number of phenols is 1. The highest BCUT2D eigenvalue weighted by Crippen LogP contribution is 2.26. The lowest BCUT2D eigenvalue weighted by Gasteiger charge is -2.21. The van der Waals surface area contributed by atoms with Crippen LogP contribution in [0.15, 0.2) is 47.6 Å². The van der Waals surface area contributed by atoms with E-state index in [4.69, 9.17) is 14.2 Å². The third kappa shape index (κ3) is 5.88. The van der Waals surface area contributed by atoms with Crippen molar-refractivity contribution in [2.45, 2.75) is 26.0 Å². The minimum Gasteiger partial charge on any atom is -0.504 e. The number of benzene rings is 2. The fraction of sp³-hybridized carbons (Fsp3) is 0.318. The molecule has 3 rings (SSSR count). The Kier molecular flexibility index (Phi) is 7.31. The maximum absolute atomic E-state index is 12.3. The minimum atomic E-state index is -0.643. The maximum atomic E-state index is 12.3. The second kappa shape index (κ2) is 10.3. The molecule has 1 fully saturated rings. The van der Waals surface area contributed by atoms with Crippen LogP contribution < -0.4 is 10.1 Å². The Morgan fingerprint density at radius 1 is 1.29 bits per heavy atom. The number of nitrogens with one attached hydrogen (secondary N) is 1. The van der Waals surface area contributed by atoms with Gasteiger partial charge in [0.1, 0.15) is 0 Å². The fourth-order valence-corrected chi connectivity index (χ4v) is 3.11. The topological polar surface area (TPSA) is 110 Å². The van der Waals surface area contributed by atoms with Crippen molar-refractivity contribution >= 4 is 24.0 Å². The van der Waals surface area contributed by atoms with E-state index < -0.39 is 18.3 Å². The molecule has 1 saturated heterocycles. The lowest BCUT2D eigenvalue weighted by atomic mass is 10.2. The molecule has 1 amide bonds. The number of ether oxygens (including phenoxy) is 3. The molecule has 164 valence electrons. The normalized spacial score (nSPS) is 15.7. The molecule has 2 N–H and O–H groups in total. The lowest BCUT2D eigenvalue weighted by molar-refractivity contribution is 0.0225. The summed E-state index contributed by atoms with van der Waals surface area (Å²) in [6.45, 7) is 2.63. The number of hydrogen-bond acceptors (Lipinski definition) is 8. The van der Waals surface area contributed by atoms with Crippen LogP contribution in [0.3, 0.4) is 0 Å². The maximum Gasteiger partial charge on any atom is 0.413 e. The number of phenolic OH excluding ortho intramolecular Hbond substituents is 1. The highest BCUT2D eigenvalue weighted by molar-refractivity contribution is 5.92. The fourth-order valence-electron chi connectivity index (χ4n) is 3.11. The van der Waals surface area contributed by atoms with Crippen molar-refractivity contribution in [2.75, 3.05) is 25.6 Å². The molecule has 1 atom stereocenters. The molecule has 1 aliphatic heterocycles. The van der Waals surface area contributed by atoms with Crippen molar-refractivity contribution < 1.29 is 28.9 Å². The van der Waals surface area contributed by atoms with Crippen LogP contribution in [0.1, 0.15) is 35.7 Å². The third-order valence-corrected chi connectivity index (χ3v) is 4.59. The standard InChI is InChI=1S/C22H25N3O6/c1-3-30-21(27)16-6-4-7-17(13-16)24-22(28)31-20-8-5-11-25(20)23-14-15-9-10-19(29-2)18(26)12-15/h4,6-7,9-10,12-14,20,26H,3,5,8,11H2,1-2H3,(H,24,28). The van der Waals surface area contributed by atoms with E-state index in [-0.39, 0.29) is 12.4 Å². The Balaban J connectivity index is 1.59. The number of hydrogen-bond donors (Lipinski definition) is 2. The van der Waals surface area contributed by atoms with Crippen LogP contribution in [-0.2, 0) is 9.47 Å². The second-order valence-electron chi connectivity index (χ2n) is 6.77. The Labute approximate surface area is 180 Å². The predicted molar refractivity (Wildman–Crippen MR) is 114 cm³/mol. The second-order valence-corrected chi connectivity index (χ2v) is 6.77. The van der Waals surface area contributed by atoms with E-state index in [1.165, 1.54) is 19.2 Å². The van der Waals surface area contributed by atoms with E-state index in [9.17, 15) is 14.7 Å². The first kappa shape index (κ1) is 21.9. The van der Waals surface area contributed by atoms with E-state index in [0.29, 0.717) is 35.5 Å². The van der Waals surface area contributed by atoms with E-state index in [2.05, 4.69) is 10.4 Å². The van der Waals surface area contributed by atoms with Gasteiger partial charge < -0.3 is 19.3 Å². The molecular formula is C22H25N3O6. The summed E-state index contributed by atoms with van der Waals surface area (Å²) in [6, 6.07) is 11.4. The number of aromatic hydroxyl groups is 1. The molecular weight excluding hydrogens is 402 g/mol. The first-order valence-electron chi connectivity index (χ1n) is 9.92. The number of esters is 1. The van der Waals surface area contributed by atoms with Gasteiger partial charge >= 0.3 is 12.1 Å². The highest BCUT2D eigenvalue weighted by Gasteiger charge is 2.26. The number of carbonyl (C=O) groups is 2. The van der Waals surface area contributed by atoms with Crippen LogP contribution in [0, 0.1) is 0 Å². The zero-order valence-corrected chi connectivity index (χ0v) is 17.4. The minimum absolute atomic E-state index is 0.0186. The molecule has 0 radical (unpaired) electrons. The van der Waals surface area contributed by atoms with Crippen molar-refractivity contribution in [3.05, 3.63) is 53.6 Å². The zero-order chi connectivity index (χ0) is 22.2. The number of nitrogens with zero attached hydrogens (tertiary/aromatic N) is 2. The van der Waals surface area contributed by atoms with Gasteiger partial charge in [-0.2, -0.15) is 5.10 Å². The number of carbonyl (C=O) groups excluding carboxylic acids is 2. The van der Waals surface area contributed by atoms with Crippen molar-refractivity contribution in [1.82, 2.24) is 5.01 Å². The molecule has 9 heteroatoms. The summed E-state index contributed by atoms with van der Waals surface area (Å²) in [5.41, 5.74) is 1.45. The first-order chi connectivity index (χ1) is 15.0. The molecule has 9 nitrogen and oxygen atoms in total. The smallest absolute Gasteiger partial charge is 0.413 e. The Morgan fingerprint density at radius 2 is 2.13 bits per heavy atom. The Bertz CT molecular complexity index is 962. The molecule has 0 aromatic heterocycles. The van der Waals surface area contributed by atoms with E-state index in [0.717, 1.165) is 6.42 Å². The molecule has 0 aliphatic carbocycles. The summed E-state index contributed by atoms with van der Waals surface area (Å²) in [6.07, 6.45) is 1.89. The molecule has 0 spiro atoms. The van der Waals surface area contributed by atoms with Gasteiger partial charge in [0.25, 0.3) is 0 Å². The van der Waals surface area contributed by atoms with Crippen molar-refractivity contribution in [3.8, 4) is 11.5 Å². The van der Waals surface area contributed by atoms with Crippen LogP contribution in [0.2, 0.25) is 0 Å². The molecule has 0 saturated carbocycles. The van der Waals surface area contributed by atoms with Gasteiger partial charge in [-0.25, -0.2) is 9.59 Å². The van der Waals surface area contributed by atoms with Gasteiger partial charge in [-0.1, -0.05) is 6.07 Å². The average molecular weight is 427 g/mol. The van der Waals surface area contributed by atoms with E-state index in [1.807, 2.05) is 0 Å². The van der Waals surface area contributed by atoms with Gasteiger partial charge in [-0.15, -0.1) is 0 Å². The summed E-state index contributed by atoms with van der Waals surface area (Å²) in [4.78, 5) is 24.2. The van der Waals surface area contributed by atoms with Crippen LogP contribution in [-0.4, -0.2) is 54.9 Å². The van der Waals surface area contributed by atoms with Gasteiger partial charge in [0, 0.05) is 18.7 Å². The number of hydrazone groups is 1. The third-order valence-electron chi connectivity index (χ3n) is 4.59. The van der Waals surface area contributed by atoms with Crippen molar-refractivity contribution in [3.63, 3.8) is 0 Å². The number of methoxy groups -OCH3 is 1. The first-order valence-corrected chi connectivity index (χ1v) is 9.92. The molecule has 1 heterocycles. The molecule has 1 aliphatic rings. The van der Waals surface area contributed by atoms with E-state index in [1.54, 1.807) is 48.5 Å². The summed E-state index contributed by atoms with van der Waals surface area (Å²) in [5, 5.41) is 18.6. The summed E-state index contributed by atoms with van der Waals surface area (Å²) in [7, 11) is 1.48. The van der Waals surface area contributed by atoms with Crippen molar-refractivity contribution in [1.29, 1.82) is 0 Å². The van der Waals surface area contributed by atoms with Crippen LogP contribution in [0.25, 0.3) is 0 Å². The summed E-state index contributed by atoms with van der Waals surface area (Å²) in [5.74, 6) is -0.0614. The predicted octanol–water partition coefficient (Wildman–Crippen LogP) is 3.58.